The van der Waals surface area contributed by atoms with E-state index in [4.69, 9.17) is 4.52 Å². The maximum atomic E-state index is 12.0. The van der Waals surface area contributed by atoms with Crippen LogP contribution in [0.4, 0.5) is 0 Å². The Kier molecular flexibility index (Phi) is 3.73. The quantitative estimate of drug-likeness (QED) is 0.746. The second kappa shape index (κ2) is 5.27. The molecule has 0 aliphatic carbocycles. The average Bonchev–Trinajstić information content (AvgIpc) is 2.75. The third-order valence-corrected chi connectivity index (χ3v) is 3.04. The van der Waals surface area contributed by atoms with E-state index < -0.39 is 0 Å². The lowest BCUT2D eigenvalue weighted by Gasteiger charge is -2.33. The topological polar surface area (TPSA) is 62.5 Å². The Balaban J connectivity index is 1.85. The Morgan fingerprint density at radius 2 is 2.06 bits per heavy atom. The van der Waals surface area contributed by atoms with Crippen LogP contribution in [0.5, 0.6) is 0 Å². The largest absolute Gasteiger partial charge is 0.340 e. The van der Waals surface area contributed by atoms with Crippen LogP contribution in [0.1, 0.15) is 18.6 Å². The van der Waals surface area contributed by atoms with Crippen LogP contribution in [0.3, 0.4) is 0 Å². The van der Waals surface area contributed by atoms with Gasteiger partial charge in [-0.15, -0.1) is 0 Å². The fourth-order valence-corrected chi connectivity index (χ4v) is 1.97. The number of nitrogens with zero attached hydrogens (tertiary/aromatic N) is 4. The summed E-state index contributed by atoms with van der Waals surface area (Å²) in [6.45, 7) is 8.41. The Morgan fingerprint density at radius 1 is 1.35 bits per heavy atom. The molecule has 0 N–H and O–H groups in total. The minimum absolute atomic E-state index is 0.0735. The van der Waals surface area contributed by atoms with E-state index in [-0.39, 0.29) is 12.3 Å². The number of piperazine rings is 1. The predicted octanol–water partition coefficient (Wildman–Crippen LogP) is 0.0846. The second-order valence-corrected chi connectivity index (χ2v) is 4.23. The van der Waals surface area contributed by atoms with Gasteiger partial charge in [0.05, 0.1) is 0 Å². The molecule has 1 amide bonds. The van der Waals surface area contributed by atoms with Crippen molar-refractivity contribution in [3.05, 3.63) is 11.7 Å². The van der Waals surface area contributed by atoms with Gasteiger partial charge in [0, 0.05) is 26.2 Å². The van der Waals surface area contributed by atoms with Gasteiger partial charge in [0.1, 0.15) is 6.42 Å². The van der Waals surface area contributed by atoms with E-state index >= 15 is 0 Å². The molecule has 0 unspecified atom stereocenters. The average molecular weight is 238 g/mol. The number of aromatic nitrogens is 2. The molecule has 0 spiro atoms. The standard InChI is InChI=1S/C11H18N4O2/c1-3-14-4-6-15(7-5-14)11(16)8-10-12-9(2)13-17-10/h3-8H2,1-2H3. The summed E-state index contributed by atoms with van der Waals surface area (Å²) in [4.78, 5) is 20.2. The summed E-state index contributed by atoms with van der Waals surface area (Å²) in [6, 6.07) is 0. The van der Waals surface area contributed by atoms with Gasteiger partial charge in [-0.3, -0.25) is 4.79 Å². The fourth-order valence-electron chi connectivity index (χ4n) is 1.97. The molecule has 2 rings (SSSR count). The fraction of sp³-hybridized carbons (Fsp3) is 0.727. The highest BCUT2D eigenvalue weighted by atomic mass is 16.5. The molecule has 6 heteroatoms. The van der Waals surface area contributed by atoms with Gasteiger partial charge in [0.15, 0.2) is 5.82 Å². The summed E-state index contributed by atoms with van der Waals surface area (Å²) in [5, 5.41) is 3.68. The lowest BCUT2D eigenvalue weighted by molar-refractivity contribution is -0.132. The zero-order valence-corrected chi connectivity index (χ0v) is 10.3. The summed E-state index contributed by atoms with van der Waals surface area (Å²) in [5.41, 5.74) is 0. The van der Waals surface area contributed by atoms with Crippen LogP contribution in [-0.2, 0) is 11.2 Å². The van der Waals surface area contributed by atoms with E-state index in [1.54, 1.807) is 6.92 Å². The van der Waals surface area contributed by atoms with Crippen molar-refractivity contribution < 1.29 is 9.32 Å². The summed E-state index contributed by atoms with van der Waals surface area (Å²) in [5.74, 6) is 1.05. The number of hydrogen-bond acceptors (Lipinski definition) is 5. The maximum absolute atomic E-state index is 12.0. The lowest BCUT2D eigenvalue weighted by atomic mass is 10.3. The maximum Gasteiger partial charge on any atom is 0.236 e. The molecule has 1 aliphatic heterocycles. The first kappa shape index (κ1) is 12.0. The van der Waals surface area contributed by atoms with Crippen LogP contribution in [0.2, 0.25) is 0 Å². The first-order valence-corrected chi connectivity index (χ1v) is 5.98. The highest BCUT2D eigenvalue weighted by Crippen LogP contribution is 2.05. The van der Waals surface area contributed by atoms with Gasteiger partial charge in [0.2, 0.25) is 11.8 Å². The highest BCUT2D eigenvalue weighted by Gasteiger charge is 2.21. The van der Waals surface area contributed by atoms with Crippen molar-refractivity contribution >= 4 is 5.91 Å². The third kappa shape index (κ3) is 3.03. The number of likely N-dealkylation sites (N-methyl/N-ethyl adjacent to an activating group) is 1. The van der Waals surface area contributed by atoms with E-state index in [2.05, 4.69) is 22.0 Å². The van der Waals surface area contributed by atoms with E-state index in [0.29, 0.717) is 11.7 Å². The van der Waals surface area contributed by atoms with Crippen LogP contribution >= 0.6 is 0 Å². The molecule has 17 heavy (non-hydrogen) atoms. The first-order chi connectivity index (χ1) is 8.19. The summed E-state index contributed by atoms with van der Waals surface area (Å²) in [7, 11) is 0. The Morgan fingerprint density at radius 3 is 2.59 bits per heavy atom. The van der Waals surface area contributed by atoms with Crippen LogP contribution in [0.15, 0.2) is 4.52 Å². The molecule has 1 aromatic rings. The molecule has 1 saturated heterocycles. The predicted molar refractivity (Wildman–Crippen MR) is 61.4 cm³/mol. The van der Waals surface area contributed by atoms with Crippen LogP contribution in [-0.4, -0.2) is 58.6 Å². The van der Waals surface area contributed by atoms with Crippen molar-refractivity contribution in [3.63, 3.8) is 0 Å². The summed E-state index contributed by atoms with van der Waals surface area (Å²) in [6.07, 6.45) is 0.215. The second-order valence-electron chi connectivity index (χ2n) is 4.23. The van der Waals surface area contributed by atoms with Gasteiger partial charge in [-0.1, -0.05) is 12.1 Å². The van der Waals surface area contributed by atoms with Gasteiger partial charge < -0.3 is 14.3 Å². The molecule has 0 saturated carbocycles. The Labute approximate surface area is 101 Å². The van der Waals surface area contributed by atoms with Crippen molar-refractivity contribution in [2.24, 2.45) is 0 Å². The van der Waals surface area contributed by atoms with Crippen LogP contribution in [0, 0.1) is 6.92 Å². The van der Waals surface area contributed by atoms with Gasteiger partial charge >= 0.3 is 0 Å². The Bertz CT molecular complexity index is 383. The zero-order valence-electron chi connectivity index (χ0n) is 10.3. The van der Waals surface area contributed by atoms with Gasteiger partial charge in [-0.25, -0.2) is 0 Å². The van der Waals surface area contributed by atoms with E-state index in [1.165, 1.54) is 0 Å². The number of aryl methyl sites for hydroxylation is 1. The molecule has 1 fully saturated rings. The van der Waals surface area contributed by atoms with Gasteiger partial charge in [-0.05, 0) is 13.5 Å². The van der Waals surface area contributed by atoms with Crippen molar-refractivity contribution in [3.8, 4) is 0 Å². The molecule has 1 aliphatic rings. The van der Waals surface area contributed by atoms with Crippen molar-refractivity contribution in [1.29, 1.82) is 0 Å². The Hall–Kier alpha value is -1.43. The molecular weight excluding hydrogens is 220 g/mol. The molecule has 1 aromatic heterocycles. The minimum atomic E-state index is 0.0735. The normalized spacial score (nSPS) is 17.4. The highest BCUT2D eigenvalue weighted by molar-refractivity contribution is 5.77. The van der Waals surface area contributed by atoms with Crippen molar-refractivity contribution in [2.75, 3.05) is 32.7 Å². The molecule has 94 valence electrons. The van der Waals surface area contributed by atoms with Crippen molar-refractivity contribution in [2.45, 2.75) is 20.3 Å². The molecule has 0 bridgehead atoms. The van der Waals surface area contributed by atoms with Crippen molar-refractivity contribution in [1.82, 2.24) is 19.9 Å². The molecule has 2 heterocycles. The van der Waals surface area contributed by atoms with Crippen LogP contribution < -0.4 is 0 Å². The van der Waals surface area contributed by atoms with Crippen LogP contribution in [0.25, 0.3) is 0 Å². The minimum Gasteiger partial charge on any atom is -0.340 e. The van der Waals surface area contributed by atoms with Gasteiger partial charge in [0.25, 0.3) is 0 Å². The number of rotatable bonds is 3. The number of carbonyl (C=O) groups is 1. The van der Waals surface area contributed by atoms with E-state index in [9.17, 15) is 4.79 Å². The third-order valence-electron chi connectivity index (χ3n) is 3.04. The number of hydrogen-bond donors (Lipinski definition) is 0. The molecular formula is C11H18N4O2. The number of amides is 1. The SMILES string of the molecule is CCN1CCN(C(=O)Cc2nc(C)no2)CC1. The smallest absolute Gasteiger partial charge is 0.236 e. The molecule has 0 atom stereocenters. The molecule has 6 nitrogen and oxygen atoms in total. The lowest BCUT2D eigenvalue weighted by Crippen LogP contribution is -2.48. The summed E-state index contributed by atoms with van der Waals surface area (Å²) >= 11 is 0. The number of carbonyl (C=O) groups excluding carboxylic acids is 1. The summed E-state index contributed by atoms with van der Waals surface area (Å²) < 4.78 is 4.95. The molecule has 0 aromatic carbocycles. The molecule has 0 radical (unpaired) electrons. The monoisotopic (exact) mass is 238 g/mol. The first-order valence-electron chi connectivity index (χ1n) is 5.98. The van der Waals surface area contributed by atoms with E-state index in [1.807, 2.05) is 4.90 Å². The van der Waals surface area contributed by atoms with Gasteiger partial charge in [-0.2, -0.15) is 4.98 Å². The van der Waals surface area contributed by atoms with E-state index in [0.717, 1.165) is 32.7 Å². The zero-order chi connectivity index (χ0) is 12.3.